The van der Waals surface area contributed by atoms with Crippen LogP contribution in [0.5, 0.6) is 5.75 Å². The lowest BCUT2D eigenvalue weighted by Crippen LogP contribution is -2.17. The highest BCUT2D eigenvalue weighted by molar-refractivity contribution is 5.95. The van der Waals surface area contributed by atoms with Gasteiger partial charge in [0.1, 0.15) is 5.75 Å². The van der Waals surface area contributed by atoms with E-state index in [0.29, 0.717) is 16.9 Å². The molecule has 0 heterocycles. The zero-order chi connectivity index (χ0) is 16.7. The first-order valence-corrected chi connectivity index (χ1v) is 6.80. The molecule has 0 atom stereocenters. The van der Waals surface area contributed by atoms with Gasteiger partial charge < -0.3 is 9.47 Å². The predicted octanol–water partition coefficient (Wildman–Crippen LogP) is 2.25. The van der Waals surface area contributed by atoms with Crippen LogP contribution in [0.3, 0.4) is 0 Å². The lowest BCUT2D eigenvalue weighted by molar-refractivity contribution is 0.0600. The summed E-state index contributed by atoms with van der Waals surface area (Å²) in [7, 11) is 2.89. The summed E-state index contributed by atoms with van der Waals surface area (Å²) < 4.78 is 9.64. The number of methoxy groups -OCH3 is 2. The van der Waals surface area contributed by atoms with Crippen LogP contribution in [0, 0.1) is 0 Å². The Morgan fingerprint density at radius 3 is 2.13 bits per heavy atom. The highest BCUT2D eigenvalue weighted by atomic mass is 16.5. The number of nitrogens with one attached hydrogen (secondary N) is 1. The number of hydrogen-bond donors (Lipinski definition) is 1. The van der Waals surface area contributed by atoms with Crippen molar-refractivity contribution >= 4 is 18.1 Å². The molecule has 6 heteroatoms. The van der Waals surface area contributed by atoms with Crippen molar-refractivity contribution in [3.05, 3.63) is 65.2 Å². The summed E-state index contributed by atoms with van der Waals surface area (Å²) in [6.07, 6.45) is 1.49. The van der Waals surface area contributed by atoms with Crippen molar-refractivity contribution in [1.82, 2.24) is 5.43 Å². The van der Waals surface area contributed by atoms with Crippen LogP contribution in [0.4, 0.5) is 0 Å². The van der Waals surface area contributed by atoms with Gasteiger partial charge in [0.05, 0.1) is 26.0 Å². The Morgan fingerprint density at radius 1 is 0.957 bits per heavy atom. The molecule has 6 nitrogen and oxygen atoms in total. The molecule has 23 heavy (non-hydrogen) atoms. The van der Waals surface area contributed by atoms with E-state index in [0.717, 1.165) is 5.56 Å². The standard InChI is InChI=1S/C17H16N2O4/c1-22-15-9-7-13(8-10-15)16(20)19-18-11-12-3-5-14(6-4-12)17(21)23-2/h3-11H,1-2H3,(H,19,20)/b18-11-. The summed E-state index contributed by atoms with van der Waals surface area (Å²) in [5, 5.41) is 3.88. The topological polar surface area (TPSA) is 77.0 Å². The second-order valence-electron chi connectivity index (χ2n) is 4.54. The lowest BCUT2D eigenvalue weighted by Gasteiger charge is -2.02. The molecule has 2 rings (SSSR count). The van der Waals surface area contributed by atoms with Gasteiger partial charge in [-0.3, -0.25) is 4.79 Å². The number of hydrazone groups is 1. The van der Waals surface area contributed by atoms with Gasteiger partial charge in [0.15, 0.2) is 0 Å². The lowest BCUT2D eigenvalue weighted by atomic mass is 10.1. The molecule has 0 radical (unpaired) electrons. The minimum atomic E-state index is -0.402. The first-order valence-electron chi connectivity index (χ1n) is 6.80. The average Bonchev–Trinajstić information content (AvgIpc) is 2.61. The summed E-state index contributed by atoms with van der Waals surface area (Å²) >= 11 is 0. The minimum Gasteiger partial charge on any atom is -0.497 e. The second kappa shape index (κ2) is 7.74. The van der Waals surface area contributed by atoms with Gasteiger partial charge in [0.25, 0.3) is 5.91 Å². The van der Waals surface area contributed by atoms with E-state index in [4.69, 9.17) is 4.74 Å². The molecule has 0 saturated carbocycles. The van der Waals surface area contributed by atoms with Crippen LogP contribution < -0.4 is 10.2 Å². The van der Waals surface area contributed by atoms with Crippen molar-refractivity contribution in [2.45, 2.75) is 0 Å². The van der Waals surface area contributed by atoms with Crippen molar-refractivity contribution in [2.24, 2.45) is 5.10 Å². The molecule has 0 aliphatic heterocycles. The smallest absolute Gasteiger partial charge is 0.337 e. The monoisotopic (exact) mass is 312 g/mol. The van der Waals surface area contributed by atoms with Crippen LogP contribution in [-0.2, 0) is 4.74 Å². The van der Waals surface area contributed by atoms with Gasteiger partial charge in [0.2, 0.25) is 0 Å². The molecule has 0 fully saturated rings. The van der Waals surface area contributed by atoms with Gasteiger partial charge in [-0.05, 0) is 42.0 Å². The molecule has 0 aliphatic rings. The van der Waals surface area contributed by atoms with Crippen LogP contribution in [0.1, 0.15) is 26.3 Å². The van der Waals surface area contributed by atoms with E-state index in [-0.39, 0.29) is 5.91 Å². The van der Waals surface area contributed by atoms with Gasteiger partial charge in [-0.25, -0.2) is 10.2 Å². The largest absolute Gasteiger partial charge is 0.497 e. The molecule has 0 aliphatic carbocycles. The van der Waals surface area contributed by atoms with Crippen LogP contribution in [0.2, 0.25) is 0 Å². The molecular formula is C17H16N2O4. The number of carbonyl (C=O) groups is 2. The Kier molecular flexibility index (Phi) is 5.46. The van der Waals surface area contributed by atoms with E-state index < -0.39 is 5.97 Å². The van der Waals surface area contributed by atoms with Crippen molar-refractivity contribution in [1.29, 1.82) is 0 Å². The molecular weight excluding hydrogens is 296 g/mol. The van der Waals surface area contributed by atoms with E-state index in [1.807, 2.05) is 0 Å². The summed E-state index contributed by atoms with van der Waals surface area (Å²) in [5.74, 6) is -0.0490. The zero-order valence-corrected chi connectivity index (χ0v) is 12.8. The highest BCUT2D eigenvalue weighted by Gasteiger charge is 2.05. The number of esters is 1. The Balaban J connectivity index is 1.95. The van der Waals surface area contributed by atoms with Crippen LogP contribution >= 0.6 is 0 Å². The van der Waals surface area contributed by atoms with Gasteiger partial charge in [-0.1, -0.05) is 12.1 Å². The number of hydrogen-bond acceptors (Lipinski definition) is 5. The number of amides is 1. The quantitative estimate of drug-likeness (QED) is 0.522. The summed E-state index contributed by atoms with van der Waals surface area (Å²) in [6, 6.07) is 13.3. The van der Waals surface area contributed by atoms with Crippen LogP contribution in [0.25, 0.3) is 0 Å². The van der Waals surface area contributed by atoms with Crippen molar-refractivity contribution in [2.75, 3.05) is 14.2 Å². The number of nitrogens with zero attached hydrogens (tertiary/aromatic N) is 1. The Morgan fingerprint density at radius 2 is 1.57 bits per heavy atom. The Labute approximate surface area is 133 Å². The average molecular weight is 312 g/mol. The maximum Gasteiger partial charge on any atom is 0.337 e. The molecule has 118 valence electrons. The van der Waals surface area contributed by atoms with E-state index >= 15 is 0 Å². The van der Waals surface area contributed by atoms with E-state index in [1.54, 1.807) is 55.6 Å². The van der Waals surface area contributed by atoms with Gasteiger partial charge in [0, 0.05) is 5.56 Å². The molecule has 0 bridgehead atoms. The first-order chi connectivity index (χ1) is 11.1. The Hall–Kier alpha value is -3.15. The maximum absolute atomic E-state index is 11.9. The van der Waals surface area contributed by atoms with Gasteiger partial charge in [-0.15, -0.1) is 0 Å². The van der Waals surface area contributed by atoms with Gasteiger partial charge >= 0.3 is 5.97 Å². The number of benzene rings is 2. The molecule has 0 spiro atoms. The molecule has 0 aromatic heterocycles. The van der Waals surface area contributed by atoms with Crippen LogP contribution in [-0.4, -0.2) is 32.3 Å². The molecule has 2 aromatic carbocycles. The van der Waals surface area contributed by atoms with Crippen molar-refractivity contribution in [3.63, 3.8) is 0 Å². The number of carbonyl (C=O) groups excluding carboxylic acids is 2. The van der Waals surface area contributed by atoms with E-state index in [9.17, 15) is 9.59 Å². The fourth-order valence-electron chi connectivity index (χ4n) is 1.80. The predicted molar refractivity (Wildman–Crippen MR) is 85.8 cm³/mol. The zero-order valence-electron chi connectivity index (χ0n) is 12.8. The second-order valence-corrected chi connectivity index (χ2v) is 4.54. The molecule has 1 N–H and O–H groups in total. The van der Waals surface area contributed by atoms with Gasteiger partial charge in [-0.2, -0.15) is 5.10 Å². The van der Waals surface area contributed by atoms with E-state index in [2.05, 4.69) is 15.3 Å². The third kappa shape index (κ3) is 4.41. The Bertz CT molecular complexity index is 706. The number of rotatable bonds is 5. The fourth-order valence-corrected chi connectivity index (χ4v) is 1.80. The fraction of sp³-hybridized carbons (Fsp3) is 0.118. The first kappa shape index (κ1) is 16.2. The van der Waals surface area contributed by atoms with Crippen LogP contribution in [0.15, 0.2) is 53.6 Å². The third-order valence-electron chi connectivity index (χ3n) is 3.06. The van der Waals surface area contributed by atoms with Crippen molar-refractivity contribution in [3.8, 4) is 5.75 Å². The molecule has 2 aromatic rings. The SMILES string of the molecule is COC(=O)c1ccc(/C=N\NC(=O)c2ccc(OC)cc2)cc1. The molecule has 1 amide bonds. The normalized spacial score (nSPS) is 10.3. The maximum atomic E-state index is 11.9. The summed E-state index contributed by atoms with van der Waals surface area (Å²) in [6.45, 7) is 0. The van der Waals surface area contributed by atoms with Crippen molar-refractivity contribution < 1.29 is 19.1 Å². The molecule has 0 saturated heterocycles. The third-order valence-corrected chi connectivity index (χ3v) is 3.06. The minimum absolute atomic E-state index is 0.324. The molecule has 0 unspecified atom stereocenters. The summed E-state index contributed by atoms with van der Waals surface area (Å²) in [5.41, 5.74) is 4.10. The van der Waals surface area contributed by atoms with E-state index in [1.165, 1.54) is 13.3 Å². The highest BCUT2D eigenvalue weighted by Crippen LogP contribution is 2.11. The number of ether oxygens (including phenoxy) is 2. The summed E-state index contributed by atoms with van der Waals surface area (Å²) in [4.78, 5) is 23.2.